The highest BCUT2D eigenvalue weighted by molar-refractivity contribution is 5.95. The van der Waals surface area contributed by atoms with Crippen molar-refractivity contribution in [2.24, 2.45) is 5.41 Å². The first-order valence-corrected chi connectivity index (χ1v) is 13.8. The Hall–Kier alpha value is -3.23. The Balaban J connectivity index is 1.23. The number of rotatable bonds is 6. The van der Waals surface area contributed by atoms with E-state index in [1.165, 1.54) is 19.2 Å². The number of hydrogen-bond donors (Lipinski definition) is 2. The fourth-order valence-electron chi connectivity index (χ4n) is 6.76. The second-order valence-electron chi connectivity index (χ2n) is 11.4. The van der Waals surface area contributed by atoms with Gasteiger partial charge in [0.05, 0.1) is 19.1 Å². The summed E-state index contributed by atoms with van der Waals surface area (Å²) in [6.07, 6.45) is 2.53. The Morgan fingerprint density at radius 1 is 1.05 bits per heavy atom. The van der Waals surface area contributed by atoms with E-state index in [4.69, 9.17) is 4.74 Å². The molecule has 1 aliphatic heterocycles. The number of phenolic OH excluding ortho intramolecular Hbond substituents is 1. The highest BCUT2D eigenvalue weighted by Crippen LogP contribution is 2.47. The molecular weight excluding hydrogens is 509 g/mol. The Morgan fingerprint density at radius 2 is 1.79 bits per heavy atom. The van der Waals surface area contributed by atoms with Crippen molar-refractivity contribution >= 4 is 11.8 Å². The van der Waals surface area contributed by atoms with E-state index in [1.807, 2.05) is 0 Å². The van der Waals surface area contributed by atoms with Gasteiger partial charge >= 0.3 is 6.18 Å². The third-order valence-corrected chi connectivity index (χ3v) is 8.80. The topological polar surface area (TPSA) is 78.9 Å². The number of phenols is 1. The van der Waals surface area contributed by atoms with Crippen LogP contribution in [0.2, 0.25) is 0 Å². The number of amides is 2. The lowest BCUT2D eigenvalue weighted by atomic mass is 9.74. The lowest BCUT2D eigenvalue weighted by Gasteiger charge is -2.51. The summed E-state index contributed by atoms with van der Waals surface area (Å²) >= 11 is 0. The molecule has 2 saturated carbocycles. The van der Waals surface area contributed by atoms with Crippen LogP contribution in [0.25, 0.3) is 0 Å². The molecule has 1 atom stereocenters. The summed E-state index contributed by atoms with van der Waals surface area (Å²) in [5.74, 6) is -0.389. The van der Waals surface area contributed by atoms with Gasteiger partial charge in [0.1, 0.15) is 0 Å². The number of methoxy groups -OCH3 is 1. The summed E-state index contributed by atoms with van der Waals surface area (Å²) in [6.45, 7) is 0.817. The number of aromatic hydroxyl groups is 1. The van der Waals surface area contributed by atoms with Gasteiger partial charge in [-0.3, -0.25) is 9.59 Å². The quantitative estimate of drug-likeness (QED) is 0.480. The van der Waals surface area contributed by atoms with E-state index in [9.17, 15) is 27.9 Å². The summed E-state index contributed by atoms with van der Waals surface area (Å²) in [4.78, 5) is 27.6. The summed E-state index contributed by atoms with van der Waals surface area (Å²) in [5, 5.41) is 13.1. The first-order valence-electron chi connectivity index (χ1n) is 13.8. The van der Waals surface area contributed by atoms with Crippen LogP contribution in [-0.4, -0.2) is 48.1 Å². The number of hydrogen-bond acceptors (Lipinski definition) is 4. The number of benzene rings is 2. The van der Waals surface area contributed by atoms with E-state index >= 15 is 0 Å². The maximum absolute atomic E-state index is 14.0. The first-order chi connectivity index (χ1) is 18.6. The molecule has 1 heterocycles. The van der Waals surface area contributed by atoms with Gasteiger partial charge in [-0.05, 0) is 67.0 Å². The van der Waals surface area contributed by atoms with Crippen LogP contribution in [0.4, 0.5) is 13.2 Å². The SMILES string of the molecule is COc1ccc(CC(=O)NC2CCCC23CN(C(=O)c2ccc(C4CCCCC4)c(C(F)(F)F)c2)C3)cc1O. The lowest BCUT2D eigenvalue weighted by Crippen LogP contribution is -2.64. The van der Waals surface area contributed by atoms with Crippen LogP contribution in [0, 0.1) is 5.41 Å². The summed E-state index contributed by atoms with van der Waals surface area (Å²) in [6, 6.07) is 8.82. The minimum atomic E-state index is -4.51. The zero-order chi connectivity index (χ0) is 27.8. The summed E-state index contributed by atoms with van der Waals surface area (Å²) in [5.41, 5.74) is 0.0751. The van der Waals surface area contributed by atoms with Gasteiger partial charge < -0.3 is 20.1 Å². The minimum Gasteiger partial charge on any atom is -0.504 e. The molecule has 2 amide bonds. The number of nitrogens with one attached hydrogen (secondary N) is 1. The Kier molecular flexibility index (Phi) is 7.53. The molecule has 2 aliphatic carbocycles. The van der Waals surface area contributed by atoms with Crippen molar-refractivity contribution in [3.05, 3.63) is 58.7 Å². The zero-order valence-corrected chi connectivity index (χ0v) is 22.2. The van der Waals surface area contributed by atoms with E-state index in [1.54, 1.807) is 23.1 Å². The molecule has 1 saturated heterocycles. The monoisotopic (exact) mass is 544 g/mol. The van der Waals surface area contributed by atoms with Gasteiger partial charge in [-0.1, -0.05) is 37.8 Å². The van der Waals surface area contributed by atoms with E-state index in [0.29, 0.717) is 30.0 Å². The van der Waals surface area contributed by atoms with Crippen LogP contribution in [0.3, 0.4) is 0 Å². The fraction of sp³-hybridized carbons (Fsp3) is 0.533. The number of ether oxygens (including phenoxy) is 1. The number of carbonyl (C=O) groups is 2. The van der Waals surface area contributed by atoms with E-state index < -0.39 is 17.6 Å². The smallest absolute Gasteiger partial charge is 0.416 e. The highest BCUT2D eigenvalue weighted by atomic mass is 19.4. The van der Waals surface area contributed by atoms with E-state index in [-0.39, 0.29) is 41.0 Å². The van der Waals surface area contributed by atoms with Crippen LogP contribution >= 0.6 is 0 Å². The number of likely N-dealkylation sites (tertiary alicyclic amines) is 1. The summed E-state index contributed by atoms with van der Waals surface area (Å²) < 4.78 is 47.0. The number of halogens is 3. The van der Waals surface area contributed by atoms with Crippen molar-refractivity contribution < 1.29 is 32.6 Å². The third-order valence-electron chi connectivity index (χ3n) is 8.80. The number of alkyl halides is 3. The second-order valence-corrected chi connectivity index (χ2v) is 11.4. The largest absolute Gasteiger partial charge is 0.504 e. The van der Waals surface area contributed by atoms with Crippen molar-refractivity contribution in [3.63, 3.8) is 0 Å². The minimum absolute atomic E-state index is 0.0336. The van der Waals surface area contributed by atoms with Crippen LogP contribution < -0.4 is 10.1 Å². The Labute approximate surface area is 226 Å². The molecule has 210 valence electrons. The highest BCUT2D eigenvalue weighted by Gasteiger charge is 2.53. The summed E-state index contributed by atoms with van der Waals surface area (Å²) in [7, 11) is 1.45. The molecule has 2 aromatic rings. The molecule has 9 heteroatoms. The van der Waals surface area contributed by atoms with Crippen molar-refractivity contribution in [2.75, 3.05) is 20.2 Å². The van der Waals surface area contributed by atoms with Gasteiger partial charge in [-0.2, -0.15) is 13.2 Å². The maximum atomic E-state index is 14.0. The van der Waals surface area contributed by atoms with Gasteiger partial charge in [-0.15, -0.1) is 0 Å². The van der Waals surface area contributed by atoms with Gasteiger partial charge in [0, 0.05) is 30.1 Å². The van der Waals surface area contributed by atoms with Crippen molar-refractivity contribution in [1.82, 2.24) is 10.2 Å². The van der Waals surface area contributed by atoms with Crippen LogP contribution in [0.5, 0.6) is 11.5 Å². The average molecular weight is 545 g/mol. The molecule has 39 heavy (non-hydrogen) atoms. The fourth-order valence-corrected chi connectivity index (χ4v) is 6.76. The van der Waals surface area contributed by atoms with Crippen LogP contribution in [0.1, 0.15) is 84.3 Å². The van der Waals surface area contributed by atoms with Crippen molar-refractivity contribution in [3.8, 4) is 11.5 Å². The lowest BCUT2D eigenvalue weighted by molar-refractivity contribution is -0.138. The third kappa shape index (κ3) is 5.58. The molecule has 1 unspecified atom stereocenters. The molecule has 0 radical (unpaired) electrons. The Bertz CT molecular complexity index is 1230. The van der Waals surface area contributed by atoms with Crippen LogP contribution in [0.15, 0.2) is 36.4 Å². The van der Waals surface area contributed by atoms with Crippen LogP contribution in [-0.2, 0) is 17.4 Å². The normalized spacial score (nSPS) is 21.0. The zero-order valence-electron chi connectivity index (χ0n) is 22.2. The van der Waals surface area contributed by atoms with Crippen molar-refractivity contribution in [2.45, 2.75) is 75.9 Å². The molecule has 0 bridgehead atoms. The van der Waals surface area contributed by atoms with Gasteiger partial charge in [0.15, 0.2) is 11.5 Å². The molecule has 5 rings (SSSR count). The predicted molar refractivity (Wildman–Crippen MR) is 140 cm³/mol. The van der Waals surface area contributed by atoms with Gasteiger partial charge in [-0.25, -0.2) is 0 Å². The van der Waals surface area contributed by atoms with Gasteiger partial charge in [0.2, 0.25) is 5.91 Å². The maximum Gasteiger partial charge on any atom is 0.416 e. The molecule has 3 fully saturated rings. The van der Waals surface area contributed by atoms with Gasteiger partial charge in [0.25, 0.3) is 5.91 Å². The molecule has 2 N–H and O–H groups in total. The molecular formula is C30H35F3N2O4. The Morgan fingerprint density at radius 3 is 2.46 bits per heavy atom. The number of carbonyl (C=O) groups excluding carboxylic acids is 2. The molecule has 1 spiro atoms. The average Bonchev–Trinajstić information content (AvgIpc) is 3.30. The molecule has 0 aromatic heterocycles. The van der Waals surface area contributed by atoms with Crippen molar-refractivity contribution in [1.29, 1.82) is 0 Å². The second kappa shape index (κ2) is 10.7. The standard InChI is InChI=1S/C30H35F3N2O4/c1-39-25-12-9-19(14-24(25)36)15-27(37)34-26-8-5-13-29(26)17-35(18-29)28(38)21-10-11-22(20-6-3-2-4-7-20)23(16-21)30(31,32)33/h9-12,14,16,20,26,36H,2-8,13,15,17-18H2,1H3,(H,34,37). The van der Waals surface area contributed by atoms with E-state index in [0.717, 1.165) is 57.4 Å². The molecule has 3 aliphatic rings. The molecule has 6 nitrogen and oxygen atoms in total. The number of nitrogens with zero attached hydrogens (tertiary/aromatic N) is 1. The first kappa shape index (κ1) is 27.3. The van der Waals surface area contributed by atoms with E-state index in [2.05, 4.69) is 5.32 Å². The predicted octanol–water partition coefficient (Wildman–Crippen LogP) is 5.82. The molecule has 2 aromatic carbocycles.